The normalized spacial score (nSPS) is 14.9. The highest BCUT2D eigenvalue weighted by Crippen LogP contribution is 2.44. The van der Waals surface area contributed by atoms with Crippen LogP contribution in [0.25, 0.3) is 11.1 Å². The molecule has 8 nitrogen and oxygen atoms in total. The fourth-order valence-corrected chi connectivity index (χ4v) is 4.19. The van der Waals surface area contributed by atoms with Gasteiger partial charge in [0.15, 0.2) is 0 Å². The number of hydrogen-bond donors (Lipinski definition) is 3. The highest BCUT2D eigenvalue weighted by atomic mass is 16.5. The van der Waals surface area contributed by atoms with Gasteiger partial charge in [-0.05, 0) is 34.6 Å². The lowest BCUT2D eigenvalue weighted by Gasteiger charge is -2.22. The summed E-state index contributed by atoms with van der Waals surface area (Å²) in [5, 5.41) is 14.5. The van der Waals surface area contributed by atoms with E-state index in [1.165, 1.54) is 7.11 Å². The molecule has 0 fully saturated rings. The lowest BCUT2D eigenvalue weighted by Crippen LogP contribution is -2.53. The second kappa shape index (κ2) is 11.7. The summed E-state index contributed by atoms with van der Waals surface area (Å²) in [6.45, 7) is 3.86. The van der Waals surface area contributed by atoms with E-state index in [0.29, 0.717) is 6.42 Å². The van der Waals surface area contributed by atoms with Gasteiger partial charge in [-0.1, -0.05) is 68.8 Å². The first kappa shape index (κ1) is 25.2. The summed E-state index contributed by atoms with van der Waals surface area (Å²) in [6.07, 6.45) is 0.314. The first-order valence-corrected chi connectivity index (χ1v) is 11.5. The average molecular weight is 469 g/mol. The van der Waals surface area contributed by atoms with Gasteiger partial charge in [-0.15, -0.1) is 0 Å². The van der Waals surface area contributed by atoms with Crippen LogP contribution in [0.4, 0.5) is 4.79 Å². The number of aliphatic carboxylic acids is 1. The largest absolute Gasteiger partial charge is 0.480 e. The van der Waals surface area contributed by atoms with E-state index in [1.807, 2.05) is 62.4 Å². The number of hydrogen-bond acceptors (Lipinski definition) is 5. The summed E-state index contributed by atoms with van der Waals surface area (Å²) in [6, 6.07) is 13.9. The van der Waals surface area contributed by atoms with Gasteiger partial charge in [-0.25, -0.2) is 9.59 Å². The van der Waals surface area contributed by atoms with Crippen molar-refractivity contribution in [1.29, 1.82) is 0 Å². The molecule has 3 N–H and O–H groups in total. The molecule has 3 unspecified atom stereocenters. The summed E-state index contributed by atoms with van der Waals surface area (Å²) >= 11 is 0. The van der Waals surface area contributed by atoms with E-state index in [2.05, 4.69) is 10.6 Å². The van der Waals surface area contributed by atoms with E-state index in [-0.39, 0.29) is 25.0 Å². The predicted octanol–water partition coefficient (Wildman–Crippen LogP) is 3.55. The number of alkyl carbamates (subject to hydrolysis) is 1. The SMILES string of the molecule is CCC(C)CC(NC(=O)C(COC)NC(=O)OCC1c2ccccc2-c2ccccc21)C(=O)O. The summed E-state index contributed by atoms with van der Waals surface area (Å²) in [5.74, 6) is -1.74. The molecule has 3 rings (SSSR count). The second-order valence-electron chi connectivity index (χ2n) is 8.63. The van der Waals surface area contributed by atoms with Gasteiger partial charge in [-0.3, -0.25) is 4.79 Å². The highest BCUT2D eigenvalue weighted by Gasteiger charge is 2.31. The molecule has 182 valence electrons. The Kier molecular flexibility index (Phi) is 8.65. The Morgan fingerprint density at radius 3 is 2.09 bits per heavy atom. The van der Waals surface area contributed by atoms with E-state index >= 15 is 0 Å². The van der Waals surface area contributed by atoms with Crippen LogP contribution in [0.3, 0.4) is 0 Å². The van der Waals surface area contributed by atoms with Crippen molar-refractivity contribution in [1.82, 2.24) is 10.6 Å². The maximum absolute atomic E-state index is 12.7. The molecule has 2 aromatic rings. The van der Waals surface area contributed by atoms with Crippen LogP contribution in [-0.4, -0.2) is 55.5 Å². The Balaban J connectivity index is 1.63. The van der Waals surface area contributed by atoms with Crippen LogP contribution in [0.15, 0.2) is 48.5 Å². The molecule has 1 aliphatic rings. The predicted molar refractivity (Wildman–Crippen MR) is 128 cm³/mol. The smallest absolute Gasteiger partial charge is 0.407 e. The molecule has 0 bridgehead atoms. The van der Waals surface area contributed by atoms with Gasteiger partial charge < -0.3 is 25.2 Å². The fourth-order valence-electron chi connectivity index (χ4n) is 4.19. The number of amides is 2. The van der Waals surface area contributed by atoms with E-state index in [1.54, 1.807) is 0 Å². The summed E-state index contributed by atoms with van der Waals surface area (Å²) in [7, 11) is 1.40. The van der Waals surface area contributed by atoms with Crippen molar-refractivity contribution in [2.75, 3.05) is 20.3 Å². The van der Waals surface area contributed by atoms with Crippen molar-refractivity contribution in [3.63, 3.8) is 0 Å². The minimum Gasteiger partial charge on any atom is -0.480 e. The number of benzene rings is 2. The molecule has 0 heterocycles. The molecule has 34 heavy (non-hydrogen) atoms. The van der Waals surface area contributed by atoms with Gasteiger partial charge in [0.1, 0.15) is 18.7 Å². The zero-order valence-electron chi connectivity index (χ0n) is 19.7. The molecule has 0 aromatic heterocycles. The number of methoxy groups -OCH3 is 1. The number of carboxylic acid groups (broad SMARTS) is 1. The van der Waals surface area contributed by atoms with Crippen molar-refractivity contribution >= 4 is 18.0 Å². The van der Waals surface area contributed by atoms with Crippen molar-refractivity contribution in [2.24, 2.45) is 5.92 Å². The summed E-state index contributed by atoms with van der Waals surface area (Å²) < 4.78 is 10.6. The molecule has 0 aliphatic heterocycles. The number of carbonyl (C=O) groups excluding carboxylic acids is 2. The molecule has 0 saturated carbocycles. The number of nitrogens with one attached hydrogen (secondary N) is 2. The van der Waals surface area contributed by atoms with Crippen LogP contribution >= 0.6 is 0 Å². The Morgan fingerprint density at radius 2 is 1.56 bits per heavy atom. The van der Waals surface area contributed by atoms with Crippen LogP contribution in [0, 0.1) is 5.92 Å². The van der Waals surface area contributed by atoms with E-state index < -0.39 is 30.1 Å². The quantitative estimate of drug-likeness (QED) is 0.465. The highest BCUT2D eigenvalue weighted by molar-refractivity contribution is 5.89. The Hall–Kier alpha value is -3.39. The molecule has 3 atom stereocenters. The lowest BCUT2D eigenvalue weighted by atomic mass is 9.98. The van der Waals surface area contributed by atoms with Gasteiger partial charge in [0.25, 0.3) is 0 Å². The Labute approximate surface area is 199 Å². The third kappa shape index (κ3) is 5.94. The van der Waals surface area contributed by atoms with Crippen LogP contribution in [0.5, 0.6) is 0 Å². The number of carbonyl (C=O) groups is 3. The maximum Gasteiger partial charge on any atom is 0.407 e. The van der Waals surface area contributed by atoms with E-state index in [0.717, 1.165) is 28.7 Å². The van der Waals surface area contributed by atoms with Crippen LogP contribution in [0.2, 0.25) is 0 Å². The van der Waals surface area contributed by atoms with Crippen molar-refractivity contribution in [2.45, 2.75) is 44.7 Å². The van der Waals surface area contributed by atoms with Gasteiger partial charge in [0, 0.05) is 13.0 Å². The Bertz CT molecular complexity index is 978. The molecule has 2 amide bonds. The third-order valence-corrected chi connectivity index (χ3v) is 6.24. The fraction of sp³-hybridized carbons (Fsp3) is 0.423. The molecule has 2 aromatic carbocycles. The molecule has 0 radical (unpaired) electrons. The van der Waals surface area contributed by atoms with Crippen LogP contribution < -0.4 is 10.6 Å². The standard InChI is InChI=1S/C26H32N2O6/c1-4-16(2)13-22(25(30)31)27-24(29)23(15-33-3)28-26(32)34-14-21-19-11-7-5-9-17(19)18-10-6-8-12-20(18)21/h5-12,16,21-23H,4,13-15H2,1-3H3,(H,27,29)(H,28,32)(H,30,31). The Morgan fingerprint density at radius 1 is 0.971 bits per heavy atom. The number of rotatable bonds is 11. The first-order chi connectivity index (χ1) is 16.3. The summed E-state index contributed by atoms with van der Waals surface area (Å²) in [4.78, 5) is 36.9. The minimum atomic E-state index is -1.12. The molecular weight excluding hydrogens is 436 g/mol. The van der Waals surface area contributed by atoms with E-state index in [9.17, 15) is 19.5 Å². The van der Waals surface area contributed by atoms with Crippen molar-refractivity contribution in [3.05, 3.63) is 59.7 Å². The van der Waals surface area contributed by atoms with Gasteiger partial charge in [0.2, 0.25) is 5.91 Å². The zero-order valence-corrected chi connectivity index (χ0v) is 19.7. The van der Waals surface area contributed by atoms with Crippen LogP contribution in [-0.2, 0) is 19.1 Å². The molecule has 0 saturated heterocycles. The third-order valence-electron chi connectivity index (χ3n) is 6.24. The molecule has 0 spiro atoms. The first-order valence-electron chi connectivity index (χ1n) is 11.5. The lowest BCUT2D eigenvalue weighted by molar-refractivity contribution is -0.142. The van der Waals surface area contributed by atoms with Crippen molar-refractivity contribution < 1.29 is 29.0 Å². The van der Waals surface area contributed by atoms with Gasteiger partial charge in [0.05, 0.1) is 6.61 Å². The number of fused-ring (bicyclic) bond motifs is 3. The molecular formula is C26H32N2O6. The second-order valence-corrected chi connectivity index (χ2v) is 8.63. The van der Waals surface area contributed by atoms with Crippen molar-refractivity contribution in [3.8, 4) is 11.1 Å². The summed E-state index contributed by atoms with van der Waals surface area (Å²) in [5.41, 5.74) is 4.39. The topological polar surface area (TPSA) is 114 Å². The number of ether oxygens (including phenoxy) is 2. The number of carboxylic acids is 1. The van der Waals surface area contributed by atoms with Crippen LogP contribution in [0.1, 0.15) is 43.7 Å². The zero-order chi connectivity index (χ0) is 24.7. The molecule has 1 aliphatic carbocycles. The van der Waals surface area contributed by atoms with Gasteiger partial charge >= 0.3 is 12.1 Å². The average Bonchev–Trinajstić information content (AvgIpc) is 3.15. The molecule has 8 heteroatoms. The monoisotopic (exact) mass is 468 g/mol. The van der Waals surface area contributed by atoms with Gasteiger partial charge in [-0.2, -0.15) is 0 Å². The minimum absolute atomic E-state index is 0.104. The maximum atomic E-state index is 12.7. The van der Waals surface area contributed by atoms with E-state index in [4.69, 9.17) is 9.47 Å².